The summed E-state index contributed by atoms with van der Waals surface area (Å²) in [5.74, 6) is -0.463. The topological polar surface area (TPSA) is 92.7 Å². The van der Waals surface area contributed by atoms with Crippen LogP contribution >= 0.6 is 0 Å². The van der Waals surface area contributed by atoms with Crippen molar-refractivity contribution >= 4 is 22.9 Å². The van der Waals surface area contributed by atoms with Gasteiger partial charge in [0, 0.05) is 49.7 Å². The number of rotatable bonds is 8. The van der Waals surface area contributed by atoms with Crippen LogP contribution in [-0.2, 0) is 9.59 Å². The molecule has 0 radical (unpaired) electrons. The third-order valence-corrected chi connectivity index (χ3v) is 4.46. The molecule has 0 saturated carbocycles. The first kappa shape index (κ1) is 19.5. The van der Waals surface area contributed by atoms with Crippen molar-refractivity contribution in [2.75, 3.05) is 36.0 Å². The maximum atomic E-state index is 12.9. The monoisotopic (exact) mass is 376 g/mol. The molecule has 1 aliphatic carbocycles. The van der Waals surface area contributed by atoms with Crippen molar-refractivity contribution in [3.8, 4) is 0 Å². The van der Waals surface area contributed by atoms with Crippen molar-refractivity contribution in [1.82, 2.24) is 0 Å². The zero-order chi connectivity index (χ0) is 19.9. The van der Waals surface area contributed by atoms with E-state index in [1.807, 2.05) is 60.7 Å². The van der Waals surface area contributed by atoms with Gasteiger partial charge < -0.3 is 21.3 Å². The van der Waals surface area contributed by atoms with Crippen molar-refractivity contribution < 1.29 is 9.59 Å². The Kier molecular flexibility index (Phi) is 6.37. The molecule has 0 aliphatic heterocycles. The Morgan fingerprint density at radius 3 is 1.29 bits per heavy atom. The quantitative estimate of drug-likeness (QED) is 0.683. The maximum Gasteiger partial charge on any atom is 0.204 e. The Morgan fingerprint density at radius 1 is 0.607 bits per heavy atom. The molecule has 0 bridgehead atoms. The first-order chi connectivity index (χ1) is 13.7. The highest BCUT2D eigenvalue weighted by Gasteiger charge is 2.28. The van der Waals surface area contributed by atoms with E-state index in [1.54, 1.807) is 9.80 Å². The molecule has 0 amide bonds. The lowest BCUT2D eigenvalue weighted by Gasteiger charge is -2.30. The third-order valence-electron chi connectivity index (χ3n) is 4.46. The number of benzene rings is 2. The molecule has 0 fully saturated rings. The molecular formula is C22H24N4O2. The molecule has 0 saturated heterocycles. The summed E-state index contributed by atoms with van der Waals surface area (Å²) in [6.45, 7) is 1.58. The van der Waals surface area contributed by atoms with Crippen LogP contribution in [0.3, 0.4) is 0 Å². The minimum absolute atomic E-state index is 0.232. The summed E-state index contributed by atoms with van der Waals surface area (Å²) >= 11 is 0. The van der Waals surface area contributed by atoms with E-state index in [-0.39, 0.29) is 11.6 Å². The van der Waals surface area contributed by atoms with Gasteiger partial charge in [0.2, 0.25) is 11.6 Å². The first-order valence-corrected chi connectivity index (χ1v) is 9.23. The molecule has 0 spiro atoms. The van der Waals surface area contributed by atoms with Crippen molar-refractivity contribution in [2.45, 2.75) is 0 Å². The van der Waals surface area contributed by atoms with Crippen LogP contribution in [0.15, 0.2) is 84.2 Å². The lowest BCUT2D eigenvalue weighted by atomic mass is 10.0. The van der Waals surface area contributed by atoms with E-state index in [2.05, 4.69) is 0 Å². The fraction of sp³-hybridized carbons (Fsp3) is 0.182. The van der Waals surface area contributed by atoms with Crippen LogP contribution in [0.1, 0.15) is 0 Å². The third kappa shape index (κ3) is 4.19. The molecule has 0 heterocycles. The maximum absolute atomic E-state index is 12.9. The number of para-hydroxylation sites is 2. The second kappa shape index (κ2) is 9.12. The molecule has 4 N–H and O–H groups in total. The smallest absolute Gasteiger partial charge is 0.204 e. The standard InChI is InChI=1S/C22H24N4O2/c23-11-13-25(17-7-3-1-4-8-17)19-15-22(28)20(16-21(19)27)26(14-12-24)18-9-5-2-6-10-18/h1-10,15-16H,11-14,23-24H2. The van der Waals surface area contributed by atoms with Gasteiger partial charge in [-0.1, -0.05) is 36.4 Å². The van der Waals surface area contributed by atoms with Gasteiger partial charge in [-0.15, -0.1) is 0 Å². The minimum atomic E-state index is -0.232. The Labute approximate surface area is 164 Å². The molecule has 144 valence electrons. The van der Waals surface area contributed by atoms with Gasteiger partial charge >= 0.3 is 0 Å². The molecular weight excluding hydrogens is 352 g/mol. The normalized spacial score (nSPS) is 13.8. The van der Waals surface area contributed by atoms with Crippen molar-refractivity contribution in [3.05, 3.63) is 84.2 Å². The number of nitrogens with zero attached hydrogens (tertiary/aromatic N) is 2. The summed E-state index contributed by atoms with van der Waals surface area (Å²) in [5.41, 5.74) is 13.8. The number of nitrogens with two attached hydrogens (primary N) is 2. The number of ketones is 2. The van der Waals surface area contributed by atoms with Gasteiger partial charge in [-0.3, -0.25) is 9.59 Å². The first-order valence-electron chi connectivity index (χ1n) is 9.23. The van der Waals surface area contributed by atoms with E-state index in [9.17, 15) is 9.59 Å². The average Bonchev–Trinajstić information content (AvgIpc) is 2.73. The van der Waals surface area contributed by atoms with Gasteiger partial charge in [-0.25, -0.2) is 0 Å². The highest BCUT2D eigenvalue weighted by Crippen LogP contribution is 2.26. The van der Waals surface area contributed by atoms with Crippen molar-refractivity contribution in [1.29, 1.82) is 0 Å². The summed E-state index contributed by atoms with van der Waals surface area (Å²) in [6.07, 6.45) is 2.79. The highest BCUT2D eigenvalue weighted by atomic mass is 16.1. The van der Waals surface area contributed by atoms with Gasteiger partial charge in [-0.05, 0) is 24.3 Å². The molecule has 6 heteroatoms. The summed E-state index contributed by atoms with van der Waals surface area (Å²) in [6, 6.07) is 18.9. The summed E-state index contributed by atoms with van der Waals surface area (Å²) in [5, 5.41) is 0. The second-order valence-electron chi connectivity index (χ2n) is 6.34. The second-order valence-corrected chi connectivity index (χ2v) is 6.34. The molecule has 2 aromatic carbocycles. The van der Waals surface area contributed by atoms with Gasteiger partial charge in [0.25, 0.3) is 0 Å². The number of allylic oxidation sites excluding steroid dienone is 2. The van der Waals surface area contributed by atoms with Gasteiger partial charge in [-0.2, -0.15) is 0 Å². The molecule has 1 aliphatic rings. The van der Waals surface area contributed by atoms with Crippen LogP contribution in [-0.4, -0.2) is 37.7 Å². The Balaban J connectivity index is 1.94. The number of anilines is 2. The van der Waals surface area contributed by atoms with E-state index < -0.39 is 0 Å². The number of hydrogen-bond acceptors (Lipinski definition) is 6. The van der Waals surface area contributed by atoms with Crippen LogP contribution < -0.4 is 21.3 Å². The average molecular weight is 376 g/mol. The molecule has 0 unspecified atom stereocenters. The summed E-state index contributed by atoms with van der Waals surface area (Å²) in [7, 11) is 0. The minimum Gasteiger partial charge on any atom is -0.337 e. The van der Waals surface area contributed by atoms with Gasteiger partial charge in [0.05, 0.1) is 11.4 Å². The summed E-state index contributed by atoms with van der Waals surface area (Å²) in [4.78, 5) is 29.4. The Morgan fingerprint density at radius 2 is 0.964 bits per heavy atom. The predicted molar refractivity (Wildman–Crippen MR) is 112 cm³/mol. The summed E-state index contributed by atoms with van der Waals surface area (Å²) < 4.78 is 0. The van der Waals surface area contributed by atoms with Crippen molar-refractivity contribution in [3.63, 3.8) is 0 Å². The highest BCUT2D eigenvalue weighted by molar-refractivity contribution is 6.22. The fourth-order valence-electron chi connectivity index (χ4n) is 3.21. The molecule has 0 atom stereocenters. The van der Waals surface area contributed by atoms with Gasteiger partial charge in [0.1, 0.15) is 0 Å². The number of hydrogen-bond donors (Lipinski definition) is 2. The van der Waals surface area contributed by atoms with E-state index in [0.29, 0.717) is 37.6 Å². The number of carbonyl (C=O) groups excluding carboxylic acids is 2. The van der Waals surface area contributed by atoms with Crippen LogP contribution in [0.25, 0.3) is 0 Å². The van der Waals surface area contributed by atoms with Crippen LogP contribution in [0.5, 0.6) is 0 Å². The SMILES string of the molecule is NCCN(C1=CC(=O)C(N(CCN)c2ccccc2)=CC1=O)c1ccccc1. The van der Waals surface area contributed by atoms with E-state index in [4.69, 9.17) is 11.5 Å². The number of carbonyl (C=O) groups is 2. The fourth-order valence-corrected chi connectivity index (χ4v) is 3.21. The van der Waals surface area contributed by atoms with Gasteiger partial charge in [0.15, 0.2) is 0 Å². The molecule has 2 aromatic rings. The molecule has 0 aromatic heterocycles. The predicted octanol–water partition coefficient (Wildman–Crippen LogP) is 1.84. The zero-order valence-corrected chi connectivity index (χ0v) is 15.6. The Hall–Kier alpha value is -3.22. The zero-order valence-electron chi connectivity index (χ0n) is 15.6. The van der Waals surface area contributed by atoms with E-state index in [1.165, 1.54) is 12.2 Å². The molecule has 3 rings (SSSR count). The Bertz CT molecular complexity index is 816. The van der Waals surface area contributed by atoms with E-state index in [0.717, 1.165) is 11.4 Å². The van der Waals surface area contributed by atoms with E-state index >= 15 is 0 Å². The van der Waals surface area contributed by atoms with Crippen LogP contribution in [0, 0.1) is 0 Å². The van der Waals surface area contributed by atoms with Crippen LogP contribution in [0.4, 0.5) is 11.4 Å². The lowest BCUT2D eigenvalue weighted by Crippen LogP contribution is -2.38. The van der Waals surface area contributed by atoms with Crippen LogP contribution in [0.2, 0.25) is 0 Å². The molecule has 28 heavy (non-hydrogen) atoms. The molecule has 6 nitrogen and oxygen atoms in total. The van der Waals surface area contributed by atoms with Crippen molar-refractivity contribution in [2.24, 2.45) is 11.5 Å². The largest absolute Gasteiger partial charge is 0.337 e. The lowest BCUT2D eigenvalue weighted by molar-refractivity contribution is -0.115.